The van der Waals surface area contributed by atoms with Gasteiger partial charge in [0.15, 0.2) is 11.1 Å². The van der Waals surface area contributed by atoms with Crippen LogP contribution in [0, 0.1) is 5.92 Å². The molecular weight excluding hydrogens is 270 g/mol. The summed E-state index contributed by atoms with van der Waals surface area (Å²) in [5, 5.41) is 9.70. The molecule has 6 heteroatoms. The number of nitrogens with zero attached hydrogens (tertiary/aromatic N) is 3. The van der Waals surface area contributed by atoms with Crippen molar-refractivity contribution in [1.29, 1.82) is 0 Å². The Bertz CT molecular complexity index is 411. The van der Waals surface area contributed by atoms with Crippen LogP contribution in [0.25, 0.3) is 0 Å². The maximum atomic E-state index is 4.57. The molecule has 0 unspecified atom stereocenters. The van der Waals surface area contributed by atoms with Crippen molar-refractivity contribution in [3.63, 3.8) is 0 Å². The Labute approximate surface area is 126 Å². The molecule has 114 valence electrons. The van der Waals surface area contributed by atoms with E-state index >= 15 is 0 Å². The van der Waals surface area contributed by atoms with Crippen LogP contribution in [-0.4, -0.2) is 38.1 Å². The molecule has 0 atom stereocenters. The summed E-state index contributed by atoms with van der Waals surface area (Å²) in [7, 11) is 4.01. The van der Waals surface area contributed by atoms with Crippen LogP contribution in [0.4, 0.5) is 5.13 Å². The summed E-state index contributed by atoms with van der Waals surface area (Å²) in [6.45, 7) is 8.96. The zero-order valence-corrected chi connectivity index (χ0v) is 14.0. The molecule has 0 radical (unpaired) electrons. The van der Waals surface area contributed by atoms with E-state index in [2.05, 4.69) is 46.8 Å². The Morgan fingerprint density at radius 3 is 2.70 bits per heavy atom. The monoisotopic (exact) mass is 297 g/mol. The van der Waals surface area contributed by atoms with E-state index in [1.165, 1.54) is 0 Å². The molecule has 0 saturated heterocycles. The molecule has 0 saturated carbocycles. The molecule has 5 nitrogen and oxygen atoms in total. The van der Waals surface area contributed by atoms with Gasteiger partial charge in [-0.1, -0.05) is 13.8 Å². The average Bonchev–Trinajstić information content (AvgIpc) is 2.84. The van der Waals surface area contributed by atoms with Gasteiger partial charge in [-0.05, 0) is 19.3 Å². The molecule has 0 aromatic carbocycles. The number of aromatic nitrogens is 1. The van der Waals surface area contributed by atoms with Gasteiger partial charge in [-0.25, -0.2) is 9.98 Å². The van der Waals surface area contributed by atoms with Crippen molar-refractivity contribution in [3.8, 4) is 0 Å². The lowest BCUT2D eigenvalue weighted by atomic mass is 10.1. The fourth-order valence-corrected chi connectivity index (χ4v) is 2.30. The number of anilines is 1. The van der Waals surface area contributed by atoms with E-state index < -0.39 is 0 Å². The normalized spacial score (nSPS) is 11.8. The van der Waals surface area contributed by atoms with Gasteiger partial charge in [0, 0.05) is 32.6 Å². The lowest BCUT2D eigenvalue weighted by Gasteiger charge is -2.12. The van der Waals surface area contributed by atoms with Crippen LogP contribution in [0.5, 0.6) is 0 Å². The fourth-order valence-electron chi connectivity index (χ4n) is 1.56. The van der Waals surface area contributed by atoms with Gasteiger partial charge in [-0.15, -0.1) is 11.3 Å². The first-order chi connectivity index (χ1) is 9.52. The number of nitrogens with one attached hydrogen (secondary N) is 2. The Balaban J connectivity index is 2.52. The van der Waals surface area contributed by atoms with Gasteiger partial charge in [0.05, 0.1) is 12.2 Å². The summed E-state index contributed by atoms with van der Waals surface area (Å²) in [4.78, 5) is 11.1. The first-order valence-corrected chi connectivity index (χ1v) is 8.04. The number of guanidine groups is 1. The molecule has 0 aliphatic rings. The Hall–Kier alpha value is -1.30. The lowest BCUT2D eigenvalue weighted by Crippen LogP contribution is -2.38. The zero-order valence-electron chi connectivity index (χ0n) is 13.2. The molecule has 1 aromatic heterocycles. The molecule has 1 rings (SSSR count). The van der Waals surface area contributed by atoms with Crippen molar-refractivity contribution in [2.24, 2.45) is 10.9 Å². The van der Waals surface area contributed by atoms with Gasteiger partial charge in [-0.3, -0.25) is 0 Å². The summed E-state index contributed by atoms with van der Waals surface area (Å²) >= 11 is 1.65. The maximum absolute atomic E-state index is 4.57. The number of aliphatic imine (C=N–C) groups is 1. The van der Waals surface area contributed by atoms with E-state index in [-0.39, 0.29) is 0 Å². The summed E-state index contributed by atoms with van der Waals surface area (Å²) < 4.78 is 0. The molecule has 0 spiro atoms. The van der Waals surface area contributed by atoms with Gasteiger partial charge in [0.25, 0.3) is 0 Å². The Morgan fingerprint density at radius 2 is 2.15 bits per heavy atom. The first kappa shape index (κ1) is 16.8. The molecule has 0 amide bonds. The minimum Gasteiger partial charge on any atom is -0.357 e. The molecule has 0 bridgehead atoms. The zero-order chi connectivity index (χ0) is 15.0. The largest absolute Gasteiger partial charge is 0.357 e. The van der Waals surface area contributed by atoms with E-state index in [9.17, 15) is 0 Å². The van der Waals surface area contributed by atoms with Gasteiger partial charge in [0.1, 0.15) is 0 Å². The molecule has 0 fully saturated rings. The second kappa shape index (κ2) is 8.79. The highest BCUT2D eigenvalue weighted by atomic mass is 32.1. The number of hydrogen-bond acceptors (Lipinski definition) is 4. The van der Waals surface area contributed by atoms with Crippen LogP contribution >= 0.6 is 11.3 Å². The van der Waals surface area contributed by atoms with Crippen LogP contribution < -0.4 is 15.5 Å². The summed E-state index contributed by atoms with van der Waals surface area (Å²) in [5.41, 5.74) is 1.01. The van der Waals surface area contributed by atoms with E-state index in [0.29, 0.717) is 12.5 Å². The molecule has 20 heavy (non-hydrogen) atoms. The van der Waals surface area contributed by atoms with Crippen LogP contribution in [-0.2, 0) is 6.54 Å². The van der Waals surface area contributed by atoms with E-state index in [0.717, 1.165) is 36.3 Å². The fraction of sp³-hybridized carbons (Fsp3) is 0.714. The highest BCUT2D eigenvalue weighted by Crippen LogP contribution is 2.18. The van der Waals surface area contributed by atoms with Crippen molar-refractivity contribution in [2.45, 2.75) is 33.7 Å². The van der Waals surface area contributed by atoms with Crippen molar-refractivity contribution < 1.29 is 0 Å². The SMILES string of the molecule is CCNC(=NCc1csc(N(C)C)n1)NCCC(C)C. The number of rotatable bonds is 7. The third kappa shape index (κ3) is 6.23. The highest BCUT2D eigenvalue weighted by molar-refractivity contribution is 7.13. The second-order valence-corrected chi connectivity index (χ2v) is 6.16. The van der Waals surface area contributed by atoms with E-state index in [1.807, 2.05) is 19.0 Å². The molecular formula is C14H27N5S. The van der Waals surface area contributed by atoms with E-state index in [4.69, 9.17) is 0 Å². The minimum atomic E-state index is 0.612. The second-order valence-electron chi connectivity index (χ2n) is 5.32. The number of thiazole rings is 1. The van der Waals surface area contributed by atoms with Crippen molar-refractivity contribution in [1.82, 2.24) is 15.6 Å². The van der Waals surface area contributed by atoms with Gasteiger partial charge in [-0.2, -0.15) is 0 Å². The lowest BCUT2D eigenvalue weighted by molar-refractivity contribution is 0.573. The third-order valence-electron chi connectivity index (χ3n) is 2.68. The average molecular weight is 297 g/mol. The van der Waals surface area contributed by atoms with Crippen molar-refractivity contribution >= 4 is 22.4 Å². The predicted octanol–water partition coefficient (Wildman–Crippen LogP) is 2.31. The minimum absolute atomic E-state index is 0.612. The summed E-state index contributed by atoms with van der Waals surface area (Å²) in [6.07, 6.45) is 1.14. The maximum Gasteiger partial charge on any atom is 0.191 e. The van der Waals surface area contributed by atoms with E-state index in [1.54, 1.807) is 11.3 Å². The van der Waals surface area contributed by atoms with Crippen LogP contribution in [0.15, 0.2) is 10.4 Å². The van der Waals surface area contributed by atoms with Gasteiger partial charge < -0.3 is 15.5 Å². The molecule has 1 heterocycles. The topological polar surface area (TPSA) is 52.6 Å². The first-order valence-electron chi connectivity index (χ1n) is 7.16. The smallest absolute Gasteiger partial charge is 0.191 e. The van der Waals surface area contributed by atoms with Crippen molar-refractivity contribution in [2.75, 3.05) is 32.1 Å². The molecule has 1 aromatic rings. The summed E-state index contributed by atoms with van der Waals surface area (Å²) in [6, 6.07) is 0. The molecule has 2 N–H and O–H groups in total. The number of hydrogen-bond donors (Lipinski definition) is 2. The van der Waals surface area contributed by atoms with Gasteiger partial charge >= 0.3 is 0 Å². The van der Waals surface area contributed by atoms with Crippen molar-refractivity contribution in [3.05, 3.63) is 11.1 Å². The molecule has 0 aliphatic heterocycles. The molecule has 0 aliphatic carbocycles. The van der Waals surface area contributed by atoms with Crippen LogP contribution in [0.1, 0.15) is 32.9 Å². The predicted molar refractivity (Wildman–Crippen MR) is 88.7 cm³/mol. The van der Waals surface area contributed by atoms with Crippen LogP contribution in [0.2, 0.25) is 0 Å². The highest BCUT2D eigenvalue weighted by Gasteiger charge is 2.04. The Kier molecular flexibility index (Phi) is 7.36. The third-order valence-corrected chi connectivity index (χ3v) is 3.74. The van der Waals surface area contributed by atoms with Gasteiger partial charge in [0.2, 0.25) is 0 Å². The summed E-state index contributed by atoms with van der Waals surface area (Å²) in [5.74, 6) is 1.57. The van der Waals surface area contributed by atoms with Crippen LogP contribution in [0.3, 0.4) is 0 Å². The quantitative estimate of drug-likeness (QED) is 0.599. The Morgan fingerprint density at radius 1 is 1.40 bits per heavy atom. The standard InChI is InChI=1S/C14H27N5S/c1-6-15-13(16-8-7-11(2)3)17-9-12-10-20-14(18-12)19(4)5/h10-11H,6-9H2,1-5H3,(H2,15,16,17).